The van der Waals surface area contributed by atoms with E-state index in [1.807, 2.05) is 205 Å². The molecule has 712 valence electrons. The van der Waals surface area contributed by atoms with Crippen molar-refractivity contribution in [1.82, 2.24) is 45.2 Å². The van der Waals surface area contributed by atoms with Gasteiger partial charge in [-0.2, -0.15) is 0 Å². The predicted molar refractivity (Wildman–Crippen MR) is 511 cm³/mol. The lowest BCUT2D eigenvalue weighted by atomic mass is 9.85. The van der Waals surface area contributed by atoms with E-state index in [0.717, 1.165) is 61.2 Å². The molecule has 4 saturated carbocycles. The molecule has 6 heterocycles. The number of nitrogens with two attached hydrogens (primary N) is 1. The number of ether oxygens (including phenoxy) is 6. The highest BCUT2D eigenvalue weighted by molar-refractivity contribution is 7.92. The third-order valence-electron chi connectivity index (χ3n) is 26.7. The van der Waals surface area contributed by atoms with Gasteiger partial charge in [0.05, 0.1) is 65.3 Å². The number of nitrogens with zero attached hydrogens (tertiary/aromatic N) is 4. The van der Waals surface area contributed by atoms with E-state index < -0.39 is 141 Å². The number of nitrogens with one attached hydrogen (secondary N) is 5. The van der Waals surface area contributed by atoms with Gasteiger partial charge in [-0.1, -0.05) is 175 Å². The summed E-state index contributed by atoms with van der Waals surface area (Å²) >= 11 is 0. The summed E-state index contributed by atoms with van der Waals surface area (Å²) in [5.41, 5.74) is 7.91. The number of aliphatic carboxylic acids is 1. The number of carbonyl (C=O) groups is 8. The zero-order valence-electron chi connectivity index (χ0n) is 76.4. The van der Waals surface area contributed by atoms with Crippen molar-refractivity contribution in [2.24, 2.45) is 40.2 Å². The molecule has 6 aromatic carbocycles. The molecule has 4 aliphatic carbocycles. The lowest BCUT2D eigenvalue weighted by molar-refractivity contribution is -0.144. The number of benzene rings is 6. The Hall–Kier alpha value is -11.1. The first kappa shape index (κ1) is 101. The fourth-order valence-electron chi connectivity index (χ4n) is 18.0. The van der Waals surface area contributed by atoms with Gasteiger partial charge in [0.2, 0.25) is 49.6 Å². The van der Waals surface area contributed by atoms with Crippen LogP contribution in [-0.2, 0) is 80.7 Å². The Balaban J connectivity index is 0.000000215. The van der Waals surface area contributed by atoms with Gasteiger partial charge in [-0.25, -0.2) is 26.8 Å². The van der Waals surface area contributed by atoms with Crippen molar-refractivity contribution in [1.29, 1.82) is 0 Å². The van der Waals surface area contributed by atoms with Gasteiger partial charge in [0.25, 0.3) is 11.8 Å². The summed E-state index contributed by atoms with van der Waals surface area (Å²) in [7, 11) is -5.13. The average Bonchev–Trinajstić information content (AvgIpc) is 1.56. The van der Waals surface area contributed by atoms with Gasteiger partial charge >= 0.3 is 5.97 Å². The third kappa shape index (κ3) is 23.3. The molecule has 8 fully saturated rings. The molecule has 4 saturated heterocycles. The van der Waals surface area contributed by atoms with Crippen LogP contribution in [0.3, 0.4) is 0 Å². The number of carboxylic acid groups (broad SMARTS) is 1. The highest BCUT2D eigenvalue weighted by Crippen LogP contribution is 2.52. The summed E-state index contributed by atoms with van der Waals surface area (Å²) in [6.07, 6.45) is 8.06. The third-order valence-corrected chi connectivity index (χ3v) is 31.0. The second-order valence-corrected chi connectivity index (χ2v) is 42.3. The summed E-state index contributed by atoms with van der Waals surface area (Å²) in [4.78, 5) is 123. The number of carboxylic acids is 1. The van der Waals surface area contributed by atoms with Gasteiger partial charge in [-0.15, -0.1) is 38.0 Å². The van der Waals surface area contributed by atoms with Gasteiger partial charge in [0, 0.05) is 110 Å². The van der Waals surface area contributed by atoms with Crippen molar-refractivity contribution in [3.63, 3.8) is 0 Å². The van der Waals surface area contributed by atoms with Crippen LogP contribution in [0.2, 0.25) is 0 Å². The number of likely N-dealkylation sites (tertiary alicyclic amines) is 2. The smallest absolute Gasteiger partial charge is 0.303 e. The second kappa shape index (κ2) is 41.8. The normalized spacial score (nSPS) is 22.7. The molecule has 8 N–H and O–H groups in total. The Morgan fingerprint density at radius 2 is 0.910 bits per heavy atom. The number of halogens is 2. The molecule has 133 heavy (non-hydrogen) atoms. The Labute approximate surface area is 789 Å². The number of sulfonamides is 2. The first-order chi connectivity index (χ1) is 62.4. The van der Waals surface area contributed by atoms with E-state index in [0.29, 0.717) is 107 Å². The fourth-order valence-corrected chi connectivity index (χ4v) is 21.3. The van der Waals surface area contributed by atoms with Gasteiger partial charge in [-0.3, -0.25) is 47.8 Å². The van der Waals surface area contributed by atoms with Crippen molar-refractivity contribution in [3.8, 4) is 45.5 Å². The molecule has 0 bridgehead atoms. The number of hydrogen-bond donors (Lipinski definition) is 7. The van der Waals surface area contributed by atoms with Gasteiger partial charge in [0.15, 0.2) is 0 Å². The van der Waals surface area contributed by atoms with Gasteiger partial charge in [-0.05, 0) is 135 Å². The van der Waals surface area contributed by atoms with E-state index in [-0.39, 0.29) is 94.7 Å². The van der Waals surface area contributed by atoms with Crippen LogP contribution in [0.4, 0.5) is 0 Å². The Bertz CT molecular complexity index is 5820. The van der Waals surface area contributed by atoms with E-state index in [9.17, 15) is 50.4 Å². The lowest BCUT2D eigenvalue weighted by Crippen LogP contribution is -2.60. The van der Waals surface area contributed by atoms with E-state index in [4.69, 9.17) is 49.2 Å². The number of fused-ring (bicyclic) bond motifs is 2. The van der Waals surface area contributed by atoms with E-state index in [1.165, 1.54) is 22.0 Å². The summed E-state index contributed by atoms with van der Waals surface area (Å²) in [6, 6.07) is 48.3. The van der Waals surface area contributed by atoms with Crippen molar-refractivity contribution < 1.29 is 88.7 Å². The molecule has 16 rings (SSSR count). The number of carbonyl (C=O) groups excluding carboxylic acids is 7. The SMILES string of the molecule is C=C[C@@H]1C[C@]1(NC(=O)[C@@H]1C[C@@H](Oc2cc(-c3ccccc3)nc3cc(OC)ccc23)CN1C(=O)[C@@H](N)C(C)(C)C)C(=O)NS(=O)(=O)C1(Cc2ccccc2)CC1.C=C[C@@H]1C[C@]1(NC(=O)[C@@H]1C[C@@H](Oc2cc(-c3ccccc3)nc3cc(OC)ccc23)CN1C(=O)[C@@H](NC(=O)CC1CCOCC1)C(C)(C)C)C(=O)NS(=O)(=O)C1(Cc2ccccc2)CC1.Cl.Cl.O=C(O)CC1CCOCC1. The molecule has 0 radical (unpaired) electrons. The molecule has 8 aromatic rings. The van der Waals surface area contributed by atoms with Crippen LogP contribution < -0.4 is 50.1 Å². The number of aromatic nitrogens is 2. The first-order valence-electron chi connectivity index (χ1n) is 45.0. The van der Waals surface area contributed by atoms with Crippen LogP contribution in [0.25, 0.3) is 44.3 Å². The Kier molecular flexibility index (Phi) is 31.7. The highest BCUT2D eigenvalue weighted by Gasteiger charge is 2.66. The molecule has 33 heteroatoms. The summed E-state index contributed by atoms with van der Waals surface area (Å²) in [6.45, 7) is 21.5. The van der Waals surface area contributed by atoms with Crippen LogP contribution in [-0.4, -0.2) is 200 Å². The maximum atomic E-state index is 15.0. The van der Waals surface area contributed by atoms with Crippen LogP contribution in [0, 0.1) is 34.5 Å². The molecule has 29 nitrogen and oxygen atoms in total. The minimum absolute atomic E-state index is 0. The number of methoxy groups -OCH3 is 2. The van der Waals surface area contributed by atoms with Gasteiger partial charge < -0.3 is 65.0 Å². The molecular formula is C100H122Cl2N10O19S2. The molecule has 0 spiro atoms. The second-order valence-electron chi connectivity index (χ2n) is 38.2. The topological polar surface area (TPSA) is 399 Å². The summed E-state index contributed by atoms with van der Waals surface area (Å²) in [5, 5.41) is 18.6. The maximum absolute atomic E-state index is 15.0. The molecule has 7 amide bonds. The zero-order chi connectivity index (χ0) is 93.6. The highest BCUT2D eigenvalue weighted by atomic mass is 35.5. The van der Waals surface area contributed by atoms with E-state index in [1.54, 1.807) is 20.3 Å². The summed E-state index contributed by atoms with van der Waals surface area (Å²) in [5.74, 6) is -3.19. The van der Waals surface area contributed by atoms with Crippen molar-refractivity contribution in [2.45, 2.75) is 201 Å². The largest absolute Gasteiger partial charge is 0.497 e. The van der Waals surface area contributed by atoms with E-state index >= 15 is 4.79 Å². The minimum atomic E-state index is -4.17. The average molecular weight is 1900 g/mol. The van der Waals surface area contributed by atoms with Crippen LogP contribution >= 0.6 is 24.8 Å². The molecular weight excluding hydrogens is 1780 g/mol. The van der Waals surface area contributed by atoms with Crippen LogP contribution in [0.5, 0.6) is 23.0 Å². The molecule has 8 aliphatic rings. The fraction of sp³-hybridized carbons (Fsp3) is 0.460. The Morgan fingerprint density at radius 1 is 0.534 bits per heavy atom. The molecule has 0 unspecified atom stereocenters. The molecule has 4 aliphatic heterocycles. The number of pyridine rings is 2. The van der Waals surface area contributed by atoms with Crippen LogP contribution in [0.1, 0.15) is 143 Å². The van der Waals surface area contributed by atoms with Gasteiger partial charge in [0.1, 0.15) is 64.4 Å². The number of hydrogen-bond acceptors (Lipinski definition) is 21. The van der Waals surface area contributed by atoms with E-state index in [2.05, 4.69) is 38.6 Å². The number of rotatable bonds is 31. The summed E-state index contributed by atoms with van der Waals surface area (Å²) < 4.78 is 92.8. The van der Waals surface area contributed by atoms with Crippen molar-refractivity contribution in [3.05, 3.63) is 206 Å². The first-order valence-corrected chi connectivity index (χ1v) is 48.0. The number of amides is 7. The van der Waals surface area contributed by atoms with Crippen LogP contribution in [0.15, 0.2) is 195 Å². The standard InChI is InChI=1S/C50H59N5O9S.C43H49N5O7S.C7H12O3.2ClH/c1-6-35-30-50(35,47(59)54-65(60,61)49(21-22-49)29-33-13-9-7-10-14-33)53-45(57)41-27-37(31-55(41)46(58)44(48(2,3)4)52-43(56)25-32-19-23-63-24-20-32)64-42-28-39(34-15-11-8-12-16-34)51-40-26-36(62-5)17-18-38(40)42;1-6-29-25-43(29,40(51)47-56(52,53)42(19-20-42)24-27-13-9-7-10-14-27)46-38(49)35-22-31(26-48(35)39(50)37(44)41(2,3)4)55-36-23-33(28-15-11-8-12-16-28)45-34-21-30(54-5)17-18-32(34)36;8-7(9)5-6-1-3-10-4-2-6;;/h6-18,26,28,32,35,37,41,44H,1,19-25,27,29-31H2,2-5H3,(H,52,56)(H,53,57)(H,54,59);6-18,21,23,29,31,35,37H,1,19-20,22,24-26,44H2,2-5H3,(H,46,49)(H,47,51);6H,1-5H2,(H,8,9);2*1H/t35-,37-,41+,44-,50-;29-,31-,35+,37-,43-;;;/m11.../s1. The lowest BCUT2D eigenvalue weighted by Gasteiger charge is -2.36. The molecule has 10 atom stereocenters. The van der Waals surface area contributed by atoms with Crippen molar-refractivity contribution in [2.75, 3.05) is 53.7 Å². The quantitative estimate of drug-likeness (QED) is 0.0198. The molecule has 2 aromatic heterocycles. The monoisotopic (exact) mass is 1900 g/mol. The van der Waals surface area contributed by atoms with Crippen molar-refractivity contribution >= 4 is 114 Å². The zero-order valence-corrected chi connectivity index (χ0v) is 79.6. The predicted octanol–water partition coefficient (Wildman–Crippen LogP) is 12.5. The maximum Gasteiger partial charge on any atom is 0.303 e. The Morgan fingerprint density at radius 3 is 1.26 bits per heavy atom. The minimum Gasteiger partial charge on any atom is -0.497 e.